The van der Waals surface area contributed by atoms with E-state index < -0.39 is 0 Å². The summed E-state index contributed by atoms with van der Waals surface area (Å²) in [5, 5.41) is 0. The van der Waals surface area contributed by atoms with Crippen LogP contribution in [-0.2, 0) is 6.54 Å². The van der Waals surface area contributed by atoms with Crippen molar-refractivity contribution in [3.8, 4) is 5.75 Å². The molecular formula is C14H16N2O2. The molecule has 2 rings (SSSR count). The average molecular weight is 244 g/mol. The van der Waals surface area contributed by atoms with Crippen molar-refractivity contribution in [2.45, 2.75) is 13.5 Å². The summed E-state index contributed by atoms with van der Waals surface area (Å²) < 4.78 is 6.87. The number of hydrogen-bond donors (Lipinski definition) is 1. The average Bonchev–Trinajstić information content (AvgIpc) is 2.33. The van der Waals surface area contributed by atoms with Gasteiger partial charge in [-0.25, -0.2) is 0 Å². The van der Waals surface area contributed by atoms with Gasteiger partial charge in [-0.05, 0) is 30.7 Å². The maximum Gasteiger partial charge on any atom is 0.251 e. The number of aryl methyl sites for hydroxylation is 1. The lowest BCUT2D eigenvalue weighted by Gasteiger charge is -2.11. The summed E-state index contributed by atoms with van der Waals surface area (Å²) in [5.74, 6) is 0.701. The highest BCUT2D eigenvalue weighted by Crippen LogP contribution is 2.19. The Balaban J connectivity index is 2.40. The van der Waals surface area contributed by atoms with Crippen molar-refractivity contribution in [2.24, 2.45) is 0 Å². The molecule has 0 radical (unpaired) electrons. The Labute approximate surface area is 106 Å². The van der Waals surface area contributed by atoms with Gasteiger partial charge in [0.05, 0.1) is 13.7 Å². The van der Waals surface area contributed by atoms with Crippen molar-refractivity contribution in [3.63, 3.8) is 0 Å². The second-order valence-electron chi connectivity index (χ2n) is 4.21. The topological polar surface area (TPSA) is 57.2 Å². The van der Waals surface area contributed by atoms with Crippen LogP contribution in [0, 0.1) is 6.92 Å². The van der Waals surface area contributed by atoms with Gasteiger partial charge in [-0.2, -0.15) is 0 Å². The first-order valence-corrected chi connectivity index (χ1v) is 5.70. The number of nitrogens with zero attached hydrogens (tertiary/aromatic N) is 1. The third kappa shape index (κ3) is 2.53. The Kier molecular flexibility index (Phi) is 3.37. The Morgan fingerprint density at radius 2 is 2.06 bits per heavy atom. The highest BCUT2D eigenvalue weighted by Gasteiger charge is 2.03. The highest BCUT2D eigenvalue weighted by molar-refractivity contribution is 5.47. The van der Waals surface area contributed by atoms with E-state index >= 15 is 0 Å². The van der Waals surface area contributed by atoms with Crippen molar-refractivity contribution in [2.75, 3.05) is 12.8 Å². The fourth-order valence-electron chi connectivity index (χ4n) is 1.90. The molecule has 4 nitrogen and oxygen atoms in total. The largest absolute Gasteiger partial charge is 0.497 e. The molecule has 4 heteroatoms. The lowest BCUT2D eigenvalue weighted by molar-refractivity contribution is 0.414. The van der Waals surface area contributed by atoms with Crippen molar-refractivity contribution < 1.29 is 4.74 Å². The van der Waals surface area contributed by atoms with E-state index in [1.54, 1.807) is 29.9 Å². The van der Waals surface area contributed by atoms with Crippen LogP contribution in [0.15, 0.2) is 41.2 Å². The summed E-state index contributed by atoms with van der Waals surface area (Å²) in [5.41, 5.74) is 8.28. The van der Waals surface area contributed by atoms with Gasteiger partial charge >= 0.3 is 0 Å². The number of benzene rings is 1. The van der Waals surface area contributed by atoms with Crippen molar-refractivity contribution >= 4 is 5.69 Å². The molecule has 94 valence electrons. The molecule has 0 fully saturated rings. The quantitative estimate of drug-likeness (QED) is 0.837. The minimum Gasteiger partial charge on any atom is -0.497 e. The van der Waals surface area contributed by atoms with E-state index in [0.717, 1.165) is 11.3 Å². The summed E-state index contributed by atoms with van der Waals surface area (Å²) in [6, 6.07) is 10.7. The van der Waals surface area contributed by atoms with Crippen LogP contribution in [0.3, 0.4) is 0 Å². The lowest BCUT2D eigenvalue weighted by atomic mass is 10.2. The standard InChI is InChI=1S/C14H16N2O2/c1-10-4-3-5-14(17)16(10)9-11-6-12(15)8-13(7-11)18-2/h3-8H,9,15H2,1-2H3. The number of hydrogen-bond acceptors (Lipinski definition) is 3. The van der Waals surface area contributed by atoms with Crippen LogP contribution in [0.1, 0.15) is 11.3 Å². The van der Waals surface area contributed by atoms with Gasteiger partial charge < -0.3 is 15.0 Å². The molecule has 1 heterocycles. The minimum atomic E-state index is -0.0172. The molecule has 0 spiro atoms. The summed E-state index contributed by atoms with van der Waals surface area (Å²) in [6.07, 6.45) is 0. The smallest absolute Gasteiger partial charge is 0.251 e. The van der Waals surface area contributed by atoms with Crippen molar-refractivity contribution in [1.82, 2.24) is 4.57 Å². The molecule has 0 aliphatic heterocycles. The van der Waals surface area contributed by atoms with E-state index in [-0.39, 0.29) is 5.56 Å². The molecule has 2 N–H and O–H groups in total. The number of anilines is 1. The molecule has 0 amide bonds. The van der Waals surface area contributed by atoms with Gasteiger partial charge in [-0.3, -0.25) is 4.79 Å². The molecule has 1 aromatic heterocycles. The van der Waals surface area contributed by atoms with Crippen molar-refractivity contribution in [1.29, 1.82) is 0 Å². The molecule has 0 aliphatic carbocycles. The first-order chi connectivity index (χ1) is 8.60. The first kappa shape index (κ1) is 12.2. The summed E-state index contributed by atoms with van der Waals surface area (Å²) in [7, 11) is 1.60. The monoisotopic (exact) mass is 244 g/mol. The van der Waals surface area contributed by atoms with Crippen molar-refractivity contribution in [3.05, 3.63) is 58.0 Å². The Morgan fingerprint density at radius 3 is 2.72 bits per heavy atom. The number of methoxy groups -OCH3 is 1. The van der Waals surface area contributed by atoms with E-state index in [4.69, 9.17) is 10.5 Å². The van der Waals surface area contributed by atoms with Gasteiger partial charge in [-0.1, -0.05) is 6.07 Å². The summed E-state index contributed by atoms with van der Waals surface area (Å²) in [4.78, 5) is 11.8. The predicted molar refractivity (Wildman–Crippen MR) is 71.9 cm³/mol. The SMILES string of the molecule is COc1cc(N)cc(Cn2c(C)cccc2=O)c1. The third-order valence-electron chi connectivity index (χ3n) is 2.83. The molecule has 0 aliphatic rings. The number of ether oxygens (including phenoxy) is 1. The van der Waals surface area contributed by atoms with Crippen LogP contribution in [-0.4, -0.2) is 11.7 Å². The van der Waals surface area contributed by atoms with Crippen LogP contribution >= 0.6 is 0 Å². The normalized spacial score (nSPS) is 10.3. The highest BCUT2D eigenvalue weighted by atomic mass is 16.5. The molecule has 0 atom stereocenters. The Morgan fingerprint density at radius 1 is 1.28 bits per heavy atom. The van der Waals surface area contributed by atoms with Crippen LogP contribution in [0.25, 0.3) is 0 Å². The van der Waals surface area contributed by atoms with E-state index in [1.807, 2.05) is 25.1 Å². The van der Waals surface area contributed by atoms with E-state index in [1.165, 1.54) is 0 Å². The van der Waals surface area contributed by atoms with Gasteiger partial charge in [0.25, 0.3) is 5.56 Å². The number of rotatable bonds is 3. The number of pyridine rings is 1. The molecule has 0 unspecified atom stereocenters. The maximum atomic E-state index is 11.8. The fourth-order valence-corrected chi connectivity index (χ4v) is 1.90. The molecule has 0 bridgehead atoms. The lowest BCUT2D eigenvalue weighted by Crippen LogP contribution is -2.21. The van der Waals surface area contributed by atoms with Crippen LogP contribution in [0.2, 0.25) is 0 Å². The van der Waals surface area contributed by atoms with Gasteiger partial charge in [0.15, 0.2) is 0 Å². The zero-order valence-corrected chi connectivity index (χ0v) is 10.5. The number of nitrogen functional groups attached to an aromatic ring is 1. The number of aromatic nitrogens is 1. The zero-order chi connectivity index (χ0) is 13.1. The second-order valence-corrected chi connectivity index (χ2v) is 4.21. The fraction of sp³-hybridized carbons (Fsp3) is 0.214. The van der Waals surface area contributed by atoms with E-state index in [9.17, 15) is 4.79 Å². The minimum absolute atomic E-state index is 0.0172. The molecule has 18 heavy (non-hydrogen) atoms. The van der Waals surface area contributed by atoms with Gasteiger partial charge in [0, 0.05) is 23.5 Å². The molecule has 2 aromatic rings. The Bertz CT molecular complexity index is 617. The molecule has 0 saturated carbocycles. The van der Waals surface area contributed by atoms with Gasteiger partial charge in [-0.15, -0.1) is 0 Å². The Hall–Kier alpha value is -2.23. The number of nitrogens with two attached hydrogens (primary N) is 1. The third-order valence-corrected chi connectivity index (χ3v) is 2.83. The second kappa shape index (κ2) is 4.96. The van der Waals surface area contributed by atoms with E-state index in [2.05, 4.69) is 0 Å². The molecule has 0 saturated heterocycles. The molecular weight excluding hydrogens is 228 g/mol. The van der Waals surface area contributed by atoms with Gasteiger partial charge in [0.1, 0.15) is 5.75 Å². The molecule has 1 aromatic carbocycles. The van der Waals surface area contributed by atoms with Crippen LogP contribution < -0.4 is 16.0 Å². The maximum absolute atomic E-state index is 11.8. The first-order valence-electron chi connectivity index (χ1n) is 5.70. The van der Waals surface area contributed by atoms with Crippen LogP contribution in [0.4, 0.5) is 5.69 Å². The summed E-state index contributed by atoms with van der Waals surface area (Å²) in [6.45, 7) is 2.40. The van der Waals surface area contributed by atoms with E-state index in [0.29, 0.717) is 18.0 Å². The van der Waals surface area contributed by atoms with Gasteiger partial charge in [0.2, 0.25) is 0 Å². The predicted octanol–water partition coefficient (Wildman–Crippen LogP) is 1.80. The van der Waals surface area contributed by atoms with Crippen LogP contribution in [0.5, 0.6) is 5.75 Å². The summed E-state index contributed by atoms with van der Waals surface area (Å²) >= 11 is 0. The zero-order valence-electron chi connectivity index (χ0n) is 10.5.